The largest absolute Gasteiger partial charge is 0.332 e. The third-order valence-electron chi connectivity index (χ3n) is 2.52. The Hall–Kier alpha value is -1.88. The molecule has 0 aliphatic carbocycles. The van der Waals surface area contributed by atoms with E-state index in [2.05, 4.69) is 20.9 Å². The summed E-state index contributed by atoms with van der Waals surface area (Å²) < 4.78 is 4.11. The number of hydrogen-bond acceptors (Lipinski definition) is 4. The number of imidazole rings is 1. The van der Waals surface area contributed by atoms with Gasteiger partial charge in [0.25, 0.3) is 5.56 Å². The fourth-order valence-electron chi connectivity index (χ4n) is 1.67. The Morgan fingerprint density at radius 1 is 1.35 bits per heavy atom. The predicted molar refractivity (Wildman–Crippen MR) is 63.5 cm³/mol. The maximum absolute atomic E-state index is 11.8. The van der Waals surface area contributed by atoms with Crippen molar-refractivity contribution in [3.8, 4) is 6.07 Å². The molecule has 2 heterocycles. The van der Waals surface area contributed by atoms with Crippen LogP contribution in [0.15, 0.2) is 14.3 Å². The number of aromatic nitrogens is 4. The van der Waals surface area contributed by atoms with E-state index in [-0.39, 0.29) is 12.1 Å². The maximum atomic E-state index is 11.8. The molecule has 0 bridgehead atoms. The Morgan fingerprint density at radius 2 is 2.00 bits per heavy atom. The molecule has 7 nitrogen and oxygen atoms in total. The molecule has 88 valence electrons. The van der Waals surface area contributed by atoms with Crippen LogP contribution in [0.1, 0.15) is 0 Å². The summed E-state index contributed by atoms with van der Waals surface area (Å²) in [6.07, 6.45) is 0. The van der Waals surface area contributed by atoms with Crippen LogP contribution in [-0.2, 0) is 20.6 Å². The van der Waals surface area contributed by atoms with Crippen molar-refractivity contribution in [3.63, 3.8) is 0 Å². The number of halogens is 1. The van der Waals surface area contributed by atoms with Crippen LogP contribution >= 0.6 is 15.9 Å². The second-order valence-electron chi connectivity index (χ2n) is 3.50. The van der Waals surface area contributed by atoms with Crippen molar-refractivity contribution in [1.82, 2.24) is 18.7 Å². The third kappa shape index (κ3) is 1.51. The third-order valence-corrected chi connectivity index (χ3v) is 3.13. The van der Waals surface area contributed by atoms with Gasteiger partial charge in [0.05, 0.1) is 6.07 Å². The van der Waals surface area contributed by atoms with E-state index in [0.29, 0.717) is 10.4 Å². The molecule has 0 aliphatic rings. The van der Waals surface area contributed by atoms with Crippen LogP contribution in [0.3, 0.4) is 0 Å². The predicted octanol–water partition coefficient (Wildman–Crippen LogP) is -0.280. The summed E-state index contributed by atoms with van der Waals surface area (Å²) >= 11 is 3.17. The highest BCUT2D eigenvalue weighted by Crippen LogP contribution is 2.15. The smallest absolute Gasteiger partial charge is 0.290 e. The molecule has 0 unspecified atom stereocenters. The number of aryl methyl sites for hydroxylation is 1. The highest BCUT2D eigenvalue weighted by atomic mass is 79.9. The van der Waals surface area contributed by atoms with Gasteiger partial charge in [-0.15, -0.1) is 0 Å². The first-order valence-corrected chi connectivity index (χ1v) is 5.47. The molecule has 0 saturated carbocycles. The normalized spacial score (nSPS) is 10.7. The average Bonchev–Trinajstić information content (AvgIpc) is 2.62. The molecule has 8 heteroatoms. The number of nitrogens with zero attached hydrogens (tertiary/aromatic N) is 5. The first-order chi connectivity index (χ1) is 7.99. The van der Waals surface area contributed by atoms with Crippen LogP contribution in [-0.4, -0.2) is 18.7 Å². The molecule has 0 aromatic carbocycles. The van der Waals surface area contributed by atoms with Gasteiger partial charge in [0, 0.05) is 14.1 Å². The SMILES string of the molecule is Cn1c(=O)c2nc(Br)n(CC#N)c2n(C)c1=O. The fraction of sp³-hybridized carbons (Fsp3) is 0.333. The zero-order chi connectivity index (χ0) is 12.7. The Morgan fingerprint density at radius 3 is 2.59 bits per heavy atom. The van der Waals surface area contributed by atoms with Crippen LogP contribution in [0.4, 0.5) is 0 Å². The quantitative estimate of drug-likeness (QED) is 0.678. The second-order valence-corrected chi connectivity index (χ2v) is 4.21. The topological polar surface area (TPSA) is 85.6 Å². The molecule has 0 atom stereocenters. The van der Waals surface area contributed by atoms with Crippen LogP contribution < -0.4 is 11.2 Å². The van der Waals surface area contributed by atoms with E-state index in [0.717, 1.165) is 4.57 Å². The Labute approximate surface area is 104 Å². The van der Waals surface area contributed by atoms with Gasteiger partial charge in [-0.25, -0.2) is 9.78 Å². The van der Waals surface area contributed by atoms with Crippen molar-refractivity contribution >= 4 is 27.1 Å². The van der Waals surface area contributed by atoms with E-state index < -0.39 is 11.2 Å². The zero-order valence-electron chi connectivity index (χ0n) is 9.14. The molecule has 0 spiro atoms. The van der Waals surface area contributed by atoms with Gasteiger partial charge < -0.3 is 0 Å². The lowest BCUT2D eigenvalue weighted by atomic mass is 10.5. The van der Waals surface area contributed by atoms with Crippen molar-refractivity contribution in [2.24, 2.45) is 14.1 Å². The molecule has 0 saturated heterocycles. The van der Waals surface area contributed by atoms with Gasteiger partial charge in [-0.1, -0.05) is 0 Å². The summed E-state index contributed by atoms with van der Waals surface area (Å²) in [5.41, 5.74) is -0.419. The van der Waals surface area contributed by atoms with Crippen molar-refractivity contribution in [2.45, 2.75) is 6.54 Å². The molecule has 2 rings (SSSR count). The summed E-state index contributed by atoms with van der Waals surface area (Å²) in [4.78, 5) is 27.6. The van der Waals surface area contributed by atoms with Gasteiger partial charge in [0.2, 0.25) is 0 Å². The molecule has 2 aromatic heterocycles. The van der Waals surface area contributed by atoms with Gasteiger partial charge in [0.15, 0.2) is 15.9 Å². The van der Waals surface area contributed by atoms with Crippen LogP contribution in [0.2, 0.25) is 0 Å². The molecular formula is C9H8BrN5O2. The van der Waals surface area contributed by atoms with Gasteiger partial charge in [-0.05, 0) is 15.9 Å². The Bertz CT molecular complexity index is 761. The van der Waals surface area contributed by atoms with E-state index in [9.17, 15) is 9.59 Å². The Balaban J connectivity index is 3.09. The lowest BCUT2D eigenvalue weighted by Crippen LogP contribution is -2.37. The molecule has 0 N–H and O–H groups in total. The van der Waals surface area contributed by atoms with E-state index in [1.807, 2.05) is 6.07 Å². The van der Waals surface area contributed by atoms with Crippen molar-refractivity contribution in [1.29, 1.82) is 5.26 Å². The lowest BCUT2D eigenvalue weighted by Gasteiger charge is -2.05. The molecule has 17 heavy (non-hydrogen) atoms. The molecule has 0 amide bonds. The molecule has 0 fully saturated rings. The number of fused-ring (bicyclic) bond motifs is 1. The van der Waals surface area contributed by atoms with Gasteiger partial charge in [0.1, 0.15) is 6.54 Å². The van der Waals surface area contributed by atoms with Gasteiger partial charge in [-0.2, -0.15) is 5.26 Å². The first-order valence-electron chi connectivity index (χ1n) is 4.67. The summed E-state index contributed by atoms with van der Waals surface area (Å²) in [5.74, 6) is 0. The van der Waals surface area contributed by atoms with Gasteiger partial charge >= 0.3 is 5.69 Å². The highest BCUT2D eigenvalue weighted by Gasteiger charge is 2.17. The zero-order valence-corrected chi connectivity index (χ0v) is 10.7. The average molecular weight is 298 g/mol. The summed E-state index contributed by atoms with van der Waals surface area (Å²) in [7, 11) is 2.92. The van der Waals surface area contributed by atoms with Crippen LogP contribution in [0.25, 0.3) is 11.2 Å². The molecule has 2 aromatic rings. The number of hydrogen-bond donors (Lipinski definition) is 0. The lowest BCUT2D eigenvalue weighted by molar-refractivity contribution is 0.689. The van der Waals surface area contributed by atoms with Crippen molar-refractivity contribution in [3.05, 3.63) is 25.6 Å². The molecule has 0 aliphatic heterocycles. The summed E-state index contributed by atoms with van der Waals surface area (Å²) in [5, 5.41) is 8.72. The summed E-state index contributed by atoms with van der Waals surface area (Å²) in [6.45, 7) is 0.0114. The number of nitriles is 1. The standard InChI is InChI=1S/C9H8BrN5O2/c1-13-6-5(7(16)14(2)9(13)17)12-8(10)15(6)4-3-11/h4H2,1-2H3. The summed E-state index contributed by atoms with van der Waals surface area (Å²) in [6, 6.07) is 1.95. The highest BCUT2D eigenvalue weighted by molar-refractivity contribution is 9.10. The second kappa shape index (κ2) is 3.85. The molecule has 0 radical (unpaired) electrons. The van der Waals surface area contributed by atoms with E-state index in [1.165, 1.54) is 23.2 Å². The van der Waals surface area contributed by atoms with Crippen LogP contribution in [0, 0.1) is 11.3 Å². The maximum Gasteiger partial charge on any atom is 0.332 e. The van der Waals surface area contributed by atoms with E-state index in [4.69, 9.17) is 5.26 Å². The molecular weight excluding hydrogens is 290 g/mol. The fourth-order valence-corrected chi connectivity index (χ4v) is 2.14. The Kier molecular flexibility index (Phi) is 2.63. The first kappa shape index (κ1) is 11.6. The van der Waals surface area contributed by atoms with Crippen molar-refractivity contribution in [2.75, 3.05) is 0 Å². The minimum absolute atomic E-state index is 0.0114. The van der Waals surface area contributed by atoms with Crippen molar-refractivity contribution < 1.29 is 0 Å². The minimum Gasteiger partial charge on any atom is -0.290 e. The van der Waals surface area contributed by atoms with Gasteiger partial charge in [-0.3, -0.25) is 18.5 Å². The van der Waals surface area contributed by atoms with E-state index >= 15 is 0 Å². The monoisotopic (exact) mass is 297 g/mol. The number of rotatable bonds is 1. The minimum atomic E-state index is -0.472. The van der Waals surface area contributed by atoms with Crippen LogP contribution in [0.5, 0.6) is 0 Å². The van der Waals surface area contributed by atoms with E-state index in [1.54, 1.807) is 0 Å².